The van der Waals surface area contributed by atoms with E-state index >= 15 is 0 Å². The smallest absolute Gasteiger partial charge is 0.337 e. The third-order valence-corrected chi connectivity index (χ3v) is 3.94. The van der Waals surface area contributed by atoms with Gasteiger partial charge in [0.2, 0.25) is 5.91 Å². The monoisotopic (exact) mass is 297 g/mol. The molecule has 2 heterocycles. The van der Waals surface area contributed by atoms with Crippen molar-refractivity contribution in [1.29, 1.82) is 0 Å². The van der Waals surface area contributed by atoms with Gasteiger partial charge in [-0.2, -0.15) is 0 Å². The Morgan fingerprint density at radius 2 is 1.90 bits per heavy atom. The molecule has 7 nitrogen and oxygen atoms in total. The number of hydrogen-bond acceptors (Lipinski definition) is 6. The first-order chi connectivity index (χ1) is 9.99. The highest BCUT2D eigenvalue weighted by atomic mass is 16.5. The minimum Gasteiger partial charge on any atom is -0.493 e. The molecular weight excluding hydrogens is 274 g/mol. The molecule has 21 heavy (non-hydrogen) atoms. The number of primary amides is 1. The molecule has 0 aromatic carbocycles. The van der Waals surface area contributed by atoms with Crippen LogP contribution in [0, 0.1) is 0 Å². The summed E-state index contributed by atoms with van der Waals surface area (Å²) in [4.78, 5) is 26.8. The number of rotatable bonds is 5. The second kappa shape index (κ2) is 6.91. The largest absolute Gasteiger partial charge is 0.493 e. The SMILES string of the molecule is COC(=O)C1=C(C)O[C@H](CN2CCN(CC(N)=O)CC2)C1. The van der Waals surface area contributed by atoms with Crippen LogP contribution in [0.15, 0.2) is 11.3 Å². The third kappa shape index (κ3) is 4.18. The van der Waals surface area contributed by atoms with Crippen LogP contribution in [-0.2, 0) is 19.1 Å². The minimum absolute atomic E-state index is 0.00166. The van der Waals surface area contributed by atoms with Crippen molar-refractivity contribution in [2.24, 2.45) is 5.73 Å². The number of amides is 1. The zero-order valence-electron chi connectivity index (χ0n) is 12.6. The zero-order valence-corrected chi connectivity index (χ0v) is 12.6. The van der Waals surface area contributed by atoms with E-state index in [1.807, 2.05) is 0 Å². The van der Waals surface area contributed by atoms with Gasteiger partial charge in [-0.3, -0.25) is 14.6 Å². The lowest BCUT2D eigenvalue weighted by molar-refractivity contribution is -0.136. The lowest BCUT2D eigenvalue weighted by Crippen LogP contribution is -2.50. The summed E-state index contributed by atoms with van der Waals surface area (Å²) in [6.07, 6.45) is 0.599. The van der Waals surface area contributed by atoms with E-state index in [2.05, 4.69) is 9.80 Å². The normalized spacial score (nSPS) is 24.0. The summed E-state index contributed by atoms with van der Waals surface area (Å²) in [5, 5.41) is 0. The molecule has 118 valence electrons. The van der Waals surface area contributed by atoms with E-state index in [1.165, 1.54) is 7.11 Å². The van der Waals surface area contributed by atoms with E-state index < -0.39 is 0 Å². The Kier molecular flexibility index (Phi) is 5.19. The fourth-order valence-electron chi connectivity index (χ4n) is 2.82. The van der Waals surface area contributed by atoms with Crippen molar-refractivity contribution in [1.82, 2.24) is 9.80 Å². The van der Waals surface area contributed by atoms with Gasteiger partial charge in [0.15, 0.2) is 0 Å². The van der Waals surface area contributed by atoms with Gasteiger partial charge in [0, 0.05) is 39.1 Å². The summed E-state index contributed by atoms with van der Waals surface area (Å²) in [5.74, 6) is 0.0746. The fraction of sp³-hybridized carbons (Fsp3) is 0.714. The van der Waals surface area contributed by atoms with Crippen LogP contribution >= 0.6 is 0 Å². The Morgan fingerprint density at radius 3 is 2.48 bits per heavy atom. The van der Waals surface area contributed by atoms with Crippen LogP contribution < -0.4 is 5.73 Å². The summed E-state index contributed by atoms with van der Waals surface area (Å²) in [6, 6.07) is 0. The molecule has 0 aromatic rings. The van der Waals surface area contributed by atoms with Crippen LogP contribution in [0.4, 0.5) is 0 Å². The molecule has 2 aliphatic rings. The number of methoxy groups -OCH3 is 1. The molecule has 2 rings (SSSR count). The highest BCUT2D eigenvalue weighted by Gasteiger charge is 2.30. The molecule has 0 aliphatic carbocycles. The molecule has 2 N–H and O–H groups in total. The second-order valence-corrected chi connectivity index (χ2v) is 5.51. The average Bonchev–Trinajstić information content (AvgIpc) is 2.80. The number of esters is 1. The van der Waals surface area contributed by atoms with Crippen molar-refractivity contribution < 1.29 is 19.1 Å². The number of piperazine rings is 1. The molecule has 1 atom stereocenters. The topological polar surface area (TPSA) is 85.1 Å². The van der Waals surface area contributed by atoms with E-state index in [9.17, 15) is 9.59 Å². The van der Waals surface area contributed by atoms with E-state index in [0.29, 0.717) is 24.3 Å². The summed E-state index contributed by atoms with van der Waals surface area (Å²) in [5.41, 5.74) is 5.83. The summed E-state index contributed by atoms with van der Waals surface area (Å²) in [6.45, 7) is 6.30. The maximum atomic E-state index is 11.6. The molecule has 0 unspecified atom stereocenters. The van der Waals surface area contributed by atoms with Gasteiger partial charge in [0.1, 0.15) is 11.9 Å². The van der Waals surface area contributed by atoms with Crippen LogP contribution in [0.1, 0.15) is 13.3 Å². The predicted octanol–water partition coefficient (Wildman–Crippen LogP) is -0.675. The molecule has 2 aliphatic heterocycles. The average molecular weight is 297 g/mol. The maximum Gasteiger partial charge on any atom is 0.337 e. The molecule has 0 aromatic heterocycles. The van der Waals surface area contributed by atoms with Crippen molar-refractivity contribution in [2.75, 3.05) is 46.4 Å². The highest BCUT2D eigenvalue weighted by Crippen LogP contribution is 2.26. The van der Waals surface area contributed by atoms with Gasteiger partial charge < -0.3 is 15.2 Å². The van der Waals surface area contributed by atoms with Crippen molar-refractivity contribution in [3.63, 3.8) is 0 Å². The van der Waals surface area contributed by atoms with E-state index in [1.54, 1.807) is 6.92 Å². The van der Waals surface area contributed by atoms with Gasteiger partial charge in [-0.1, -0.05) is 0 Å². The summed E-state index contributed by atoms with van der Waals surface area (Å²) >= 11 is 0. The first kappa shape index (κ1) is 15.8. The van der Waals surface area contributed by atoms with Gasteiger partial charge >= 0.3 is 5.97 Å². The van der Waals surface area contributed by atoms with E-state index in [0.717, 1.165) is 32.7 Å². The van der Waals surface area contributed by atoms with Crippen LogP contribution in [0.3, 0.4) is 0 Å². The molecule has 1 saturated heterocycles. The van der Waals surface area contributed by atoms with Gasteiger partial charge in [-0.15, -0.1) is 0 Å². The van der Waals surface area contributed by atoms with E-state index in [4.69, 9.17) is 15.2 Å². The number of carbonyl (C=O) groups is 2. The zero-order chi connectivity index (χ0) is 15.4. The standard InChI is InChI=1S/C14H23N3O4/c1-10-12(14(19)20-2)7-11(21-10)8-16-3-5-17(6-4-16)9-13(15)18/h11H,3-9H2,1-2H3,(H2,15,18)/t11-/m0/s1. The van der Waals surface area contributed by atoms with Gasteiger partial charge in [-0.25, -0.2) is 4.79 Å². The van der Waals surface area contributed by atoms with Crippen molar-refractivity contribution in [2.45, 2.75) is 19.4 Å². The van der Waals surface area contributed by atoms with Gasteiger partial charge in [-0.05, 0) is 6.92 Å². The van der Waals surface area contributed by atoms with Crippen molar-refractivity contribution in [3.8, 4) is 0 Å². The molecule has 7 heteroatoms. The summed E-state index contributed by atoms with van der Waals surface area (Å²) in [7, 11) is 1.38. The fourth-order valence-corrected chi connectivity index (χ4v) is 2.82. The first-order valence-electron chi connectivity index (χ1n) is 7.17. The quantitative estimate of drug-likeness (QED) is 0.677. The summed E-state index contributed by atoms with van der Waals surface area (Å²) < 4.78 is 10.5. The molecule has 0 saturated carbocycles. The lowest BCUT2D eigenvalue weighted by atomic mass is 10.1. The van der Waals surface area contributed by atoms with Crippen LogP contribution in [0.25, 0.3) is 0 Å². The Labute approximate surface area is 124 Å². The number of allylic oxidation sites excluding steroid dienone is 1. The molecule has 0 bridgehead atoms. The maximum absolute atomic E-state index is 11.6. The number of hydrogen-bond donors (Lipinski definition) is 1. The van der Waals surface area contributed by atoms with Gasteiger partial charge in [0.05, 0.1) is 19.2 Å². The number of nitrogens with two attached hydrogens (primary N) is 1. The molecule has 0 radical (unpaired) electrons. The molecule has 1 amide bonds. The molecule has 0 spiro atoms. The number of ether oxygens (including phenoxy) is 2. The third-order valence-electron chi connectivity index (χ3n) is 3.94. The van der Waals surface area contributed by atoms with Crippen LogP contribution in [0.5, 0.6) is 0 Å². The number of nitrogens with zero attached hydrogens (tertiary/aromatic N) is 2. The Balaban J connectivity index is 1.76. The van der Waals surface area contributed by atoms with Crippen molar-refractivity contribution >= 4 is 11.9 Å². The highest BCUT2D eigenvalue weighted by molar-refractivity contribution is 5.89. The lowest BCUT2D eigenvalue weighted by Gasteiger charge is -2.35. The Morgan fingerprint density at radius 1 is 1.29 bits per heavy atom. The second-order valence-electron chi connectivity index (χ2n) is 5.51. The van der Waals surface area contributed by atoms with Crippen LogP contribution in [-0.4, -0.2) is 74.2 Å². The van der Waals surface area contributed by atoms with Gasteiger partial charge in [0.25, 0.3) is 0 Å². The molecule has 1 fully saturated rings. The van der Waals surface area contributed by atoms with E-state index in [-0.39, 0.29) is 18.0 Å². The predicted molar refractivity (Wildman–Crippen MR) is 76.3 cm³/mol. The van der Waals surface area contributed by atoms with Crippen LogP contribution in [0.2, 0.25) is 0 Å². The van der Waals surface area contributed by atoms with Crippen molar-refractivity contribution in [3.05, 3.63) is 11.3 Å². The number of carbonyl (C=O) groups excluding carboxylic acids is 2. The Bertz CT molecular complexity index is 442. The first-order valence-corrected chi connectivity index (χ1v) is 7.17. The Hall–Kier alpha value is -1.60. The minimum atomic E-state index is -0.304. The molecular formula is C14H23N3O4.